The maximum Gasteiger partial charge on any atom is 0.152 e. The van der Waals surface area contributed by atoms with Crippen molar-refractivity contribution < 1.29 is 20.1 Å². The molecule has 2 unspecified atom stereocenters. The third-order valence-corrected chi connectivity index (χ3v) is 3.08. The van der Waals surface area contributed by atoms with Crippen molar-refractivity contribution in [3.8, 4) is 11.5 Å². The smallest absolute Gasteiger partial charge is 0.152 e. The summed E-state index contributed by atoms with van der Waals surface area (Å²) in [5, 5.41) is 28.8. The maximum absolute atomic E-state index is 10.2. The first kappa shape index (κ1) is 14.4. The molecule has 0 aromatic heterocycles. The van der Waals surface area contributed by atoms with E-state index in [1.54, 1.807) is 24.3 Å². The van der Waals surface area contributed by atoms with Gasteiger partial charge in [0.2, 0.25) is 0 Å². The second-order valence-electron chi connectivity index (χ2n) is 4.69. The molecule has 0 saturated heterocycles. The molecule has 0 amide bonds. The lowest BCUT2D eigenvalue weighted by Crippen LogP contribution is -2.29. The van der Waals surface area contributed by atoms with Gasteiger partial charge in [0.15, 0.2) is 6.10 Å². The summed E-state index contributed by atoms with van der Waals surface area (Å²) in [5.74, 6) is 0.716. The van der Waals surface area contributed by atoms with Gasteiger partial charge in [0, 0.05) is 0 Å². The number of phenolic OH excluding ortho intramolecular Hbond substituents is 1. The minimum Gasteiger partial charge on any atom is -0.508 e. The van der Waals surface area contributed by atoms with Gasteiger partial charge in [-0.3, -0.25) is 0 Å². The number of hydrogen-bond acceptors (Lipinski definition) is 4. The largest absolute Gasteiger partial charge is 0.508 e. The Kier molecular flexibility index (Phi) is 4.61. The molecule has 2 aromatic carbocycles. The van der Waals surface area contributed by atoms with E-state index in [1.165, 1.54) is 12.1 Å². The molecule has 2 aromatic rings. The van der Waals surface area contributed by atoms with Crippen LogP contribution in [-0.4, -0.2) is 28.0 Å². The van der Waals surface area contributed by atoms with Crippen LogP contribution in [0.25, 0.3) is 0 Å². The van der Waals surface area contributed by atoms with Crippen LogP contribution in [0.4, 0.5) is 0 Å². The maximum atomic E-state index is 10.2. The molecular formula is C16H18O4. The monoisotopic (exact) mass is 274 g/mol. The Hall–Kier alpha value is -2.04. The first-order chi connectivity index (χ1) is 9.60. The van der Waals surface area contributed by atoms with Crippen molar-refractivity contribution in [3.63, 3.8) is 0 Å². The van der Waals surface area contributed by atoms with Crippen molar-refractivity contribution in [1.29, 1.82) is 0 Å². The average Bonchev–Trinajstić information content (AvgIpc) is 2.47. The number of hydrogen-bond donors (Lipinski definition) is 3. The SMILES string of the molecule is Cc1ccc(OC(CO)C(O)c2ccc(O)cc2)cc1. The summed E-state index contributed by atoms with van der Waals surface area (Å²) in [5.41, 5.74) is 1.69. The van der Waals surface area contributed by atoms with Crippen LogP contribution >= 0.6 is 0 Å². The minimum absolute atomic E-state index is 0.126. The van der Waals surface area contributed by atoms with Crippen molar-refractivity contribution in [1.82, 2.24) is 0 Å². The number of aliphatic hydroxyl groups excluding tert-OH is 2. The third kappa shape index (κ3) is 3.50. The predicted octanol–water partition coefficient (Wildman–Crippen LogP) is 2.17. The number of ether oxygens (including phenoxy) is 1. The van der Waals surface area contributed by atoms with Gasteiger partial charge in [0.25, 0.3) is 0 Å². The van der Waals surface area contributed by atoms with Gasteiger partial charge in [-0.25, -0.2) is 0 Å². The fourth-order valence-corrected chi connectivity index (χ4v) is 1.88. The normalized spacial score (nSPS) is 13.8. The summed E-state index contributed by atoms with van der Waals surface area (Å²) >= 11 is 0. The van der Waals surface area contributed by atoms with Crippen LogP contribution in [0, 0.1) is 6.92 Å². The zero-order valence-corrected chi connectivity index (χ0v) is 11.2. The van der Waals surface area contributed by atoms with Gasteiger partial charge < -0.3 is 20.1 Å². The molecule has 2 atom stereocenters. The first-order valence-electron chi connectivity index (χ1n) is 6.41. The Morgan fingerprint density at radius 1 is 1.00 bits per heavy atom. The van der Waals surface area contributed by atoms with Gasteiger partial charge in [0.05, 0.1) is 6.61 Å². The van der Waals surface area contributed by atoms with Crippen molar-refractivity contribution in [2.75, 3.05) is 6.61 Å². The highest BCUT2D eigenvalue weighted by Crippen LogP contribution is 2.23. The lowest BCUT2D eigenvalue weighted by Gasteiger charge is -2.22. The lowest BCUT2D eigenvalue weighted by atomic mass is 10.0. The van der Waals surface area contributed by atoms with Crippen LogP contribution in [0.15, 0.2) is 48.5 Å². The van der Waals surface area contributed by atoms with E-state index in [0.717, 1.165) is 5.56 Å². The fourth-order valence-electron chi connectivity index (χ4n) is 1.88. The van der Waals surface area contributed by atoms with E-state index < -0.39 is 12.2 Å². The predicted molar refractivity (Wildman–Crippen MR) is 75.7 cm³/mol. The number of aliphatic hydroxyl groups is 2. The van der Waals surface area contributed by atoms with E-state index in [-0.39, 0.29) is 12.4 Å². The van der Waals surface area contributed by atoms with Crippen LogP contribution in [0.5, 0.6) is 11.5 Å². The molecule has 4 heteroatoms. The summed E-state index contributed by atoms with van der Waals surface area (Å²) in [7, 11) is 0. The van der Waals surface area contributed by atoms with Gasteiger partial charge in [-0.15, -0.1) is 0 Å². The Bertz CT molecular complexity index is 533. The molecule has 4 nitrogen and oxygen atoms in total. The quantitative estimate of drug-likeness (QED) is 0.781. The third-order valence-electron chi connectivity index (χ3n) is 3.08. The van der Waals surface area contributed by atoms with Crippen molar-refractivity contribution in [3.05, 3.63) is 59.7 Å². The molecule has 0 fully saturated rings. The van der Waals surface area contributed by atoms with E-state index in [2.05, 4.69) is 0 Å². The molecule has 0 heterocycles. The fraction of sp³-hybridized carbons (Fsp3) is 0.250. The number of benzene rings is 2. The molecule has 106 valence electrons. The number of aromatic hydroxyl groups is 1. The van der Waals surface area contributed by atoms with Crippen LogP contribution in [0.1, 0.15) is 17.2 Å². The van der Waals surface area contributed by atoms with E-state index >= 15 is 0 Å². The average molecular weight is 274 g/mol. The second-order valence-corrected chi connectivity index (χ2v) is 4.69. The Labute approximate surface area is 117 Å². The standard InChI is InChI=1S/C16H18O4/c1-11-2-8-14(9-3-11)20-15(10-17)16(19)12-4-6-13(18)7-5-12/h2-9,15-19H,10H2,1H3. The molecule has 0 aliphatic carbocycles. The van der Waals surface area contributed by atoms with Gasteiger partial charge in [0.1, 0.15) is 17.6 Å². The van der Waals surface area contributed by atoms with Crippen LogP contribution in [0.3, 0.4) is 0 Å². The number of aryl methyl sites for hydroxylation is 1. The molecule has 0 spiro atoms. The number of rotatable bonds is 5. The van der Waals surface area contributed by atoms with Crippen LogP contribution in [-0.2, 0) is 0 Å². The topological polar surface area (TPSA) is 69.9 Å². The highest BCUT2D eigenvalue weighted by Gasteiger charge is 2.22. The van der Waals surface area contributed by atoms with Gasteiger partial charge in [-0.05, 0) is 36.8 Å². The molecule has 2 rings (SSSR count). The molecular weight excluding hydrogens is 256 g/mol. The molecule has 0 aliphatic rings. The molecule has 0 saturated carbocycles. The summed E-state index contributed by atoms with van der Waals surface area (Å²) in [6, 6.07) is 13.6. The molecule has 3 N–H and O–H groups in total. The van der Waals surface area contributed by atoms with Crippen LogP contribution < -0.4 is 4.74 Å². The first-order valence-corrected chi connectivity index (χ1v) is 6.41. The Morgan fingerprint density at radius 3 is 2.15 bits per heavy atom. The van der Waals surface area contributed by atoms with E-state index in [4.69, 9.17) is 4.74 Å². The van der Waals surface area contributed by atoms with Crippen LogP contribution in [0.2, 0.25) is 0 Å². The molecule has 0 radical (unpaired) electrons. The van der Waals surface area contributed by atoms with Crippen molar-refractivity contribution >= 4 is 0 Å². The molecule has 0 bridgehead atoms. The Balaban J connectivity index is 2.11. The summed E-state index contributed by atoms with van der Waals surface area (Å²) in [6.07, 6.45) is -1.73. The van der Waals surface area contributed by atoms with Gasteiger partial charge in [-0.2, -0.15) is 0 Å². The lowest BCUT2D eigenvalue weighted by molar-refractivity contribution is 0.000755. The minimum atomic E-state index is -0.970. The summed E-state index contributed by atoms with van der Waals surface area (Å²) in [6.45, 7) is 1.66. The van der Waals surface area contributed by atoms with E-state index in [0.29, 0.717) is 11.3 Å². The van der Waals surface area contributed by atoms with E-state index in [1.807, 2.05) is 19.1 Å². The zero-order valence-electron chi connectivity index (χ0n) is 11.2. The number of phenols is 1. The highest BCUT2D eigenvalue weighted by molar-refractivity contribution is 5.29. The zero-order chi connectivity index (χ0) is 14.5. The van der Waals surface area contributed by atoms with Crippen molar-refractivity contribution in [2.45, 2.75) is 19.1 Å². The molecule has 20 heavy (non-hydrogen) atoms. The summed E-state index contributed by atoms with van der Waals surface area (Å²) in [4.78, 5) is 0. The highest BCUT2D eigenvalue weighted by atomic mass is 16.5. The van der Waals surface area contributed by atoms with Gasteiger partial charge >= 0.3 is 0 Å². The summed E-state index contributed by atoms with van der Waals surface area (Å²) < 4.78 is 5.60. The van der Waals surface area contributed by atoms with E-state index in [9.17, 15) is 15.3 Å². The Morgan fingerprint density at radius 2 is 1.60 bits per heavy atom. The molecule has 0 aliphatic heterocycles. The second kappa shape index (κ2) is 6.41. The van der Waals surface area contributed by atoms with Crippen molar-refractivity contribution in [2.24, 2.45) is 0 Å². The van der Waals surface area contributed by atoms with Gasteiger partial charge in [-0.1, -0.05) is 29.8 Å².